The molecule has 2 rings (SSSR count). The van der Waals surface area contributed by atoms with E-state index in [0.717, 1.165) is 18.1 Å². The molecular weight excluding hydrogens is 236 g/mol. The summed E-state index contributed by atoms with van der Waals surface area (Å²) in [4.78, 5) is 4.17. The summed E-state index contributed by atoms with van der Waals surface area (Å²) in [5.41, 5.74) is 1.67. The van der Waals surface area contributed by atoms with Crippen LogP contribution in [0.1, 0.15) is 12.5 Å². The molecule has 0 aliphatic heterocycles. The number of hydrogen-bond acceptors (Lipinski definition) is 4. The van der Waals surface area contributed by atoms with Gasteiger partial charge in [0.1, 0.15) is 11.9 Å². The molecule has 0 saturated heterocycles. The average molecular weight is 252 g/mol. The summed E-state index contributed by atoms with van der Waals surface area (Å²) in [5, 5.41) is 15.3. The molecule has 0 aliphatic rings. The lowest BCUT2D eigenvalue weighted by atomic mass is 10.2. The minimum atomic E-state index is 0.278. The van der Waals surface area contributed by atoms with Crippen LogP contribution >= 0.6 is 0 Å². The van der Waals surface area contributed by atoms with Crippen molar-refractivity contribution in [3.05, 3.63) is 54.2 Å². The lowest BCUT2D eigenvalue weighted by molar-refractivity contribution is 0.832. The number of anilines is 2. The summed E-state index contributed by atoms with van der Waals surface area (Å²) in [6.07, 6.45) is 1.57. The van der Waals surface area contributed by atoms with Crippen LogP contribution in [0, 0.1) is 11.3 Å². The Morgan fingerprint density at radius 1 is 1.21 bits per heavy atom. The maximum Gasteiger partial charge on any atom is 0.126 e. The zero-order chi connectivity index (χ0) is 13.5. The second-order valence-corrected chi connectivity index (χ2v) is 4.34. The van der Waals surface area contributed by atoms with Crippen LogP contribution in [0.5, 0.6) is 0 Å². The Balaban J connectivity index is 1.83. The molecule has 19 heavy (non-hydrogen) atoms. The van der Waals surface area contributed by atoms with Gasteiger partial charge in [-0.1, -0.05) is 18.2 Å². The van der Waals surface area contributed by atoms with E-state index in [1.165, 1.54) is 0 Å². The van der Waals surface area contributed by atoms with Crippen molar-refractivity contribution in [3.8, 4) is 6.07 Å². The Morgan fingerprint density at radius 2 is 2.00 bits per heavy atom. The summed E-state index contributed by atoms with van der Waals surface area (Å²) >= 11 is 0. The van der Waals surface area contributed by atoms with Crippen LogP contribution in [-0.4, -0.2) is 17.6 Å². The maximum absolute atomic E-state index is 8.69. The van der Waals surface area contributed by atoms with Crippen LogP contribution < -0.4 is 10.6 Å². The third kappa shape index (κ3) is 4.00. The normalized spacial score (nSPS) is 11.4. The van der Waals surface area contributed by atoms with E-state index >= 15 is 0 Å². The van der Waals surface area contributed by atoms with E-state index in [0.29, 0.717) is 5.56 Å². The smallest absolute Gasteiger partial charge is 0.126 e. The number of para-hydroxylation sites is 1. The maximum atomic E-state index is 8.69. The molecule has 2 aromatic rings. The first-order valence-corrected chi connectivity index (χ1v) is 6.19. The van der Waals surface area contributed by atoms with Gasteiger partial charge in [-0.05, 0) is 31.2 Å². The second-order valence-electron chi connectivity index (χ2n) is 4.34. The fraction of sp³-hybridized carbons (Fsp3) is 0.200. The predicted octanol–water partition coefficient (Wildman–Crippen LogP) is 2.87. The van der Waals surface area contributed by atoms with Gasteiger partial charge < -0.3 is 10.6 Å². The monoisotopic (exact) mass is 252 g/mol. The van der Waals surface area contributed by atoms with Gasteiger partial charge in [-0.3, -0.25) is 0 Å². The zero-order valence-electron chi connectivity index (χ0n) is 10.8. The molecule has 96 valence electrons. The van der Waals surface area contributed by atoms with E-state index in [-0.39, 0.29) is 6.04 Å². The van der Waals surface area contributed by atoms with Crippen LogP contribution in [0.2, 0.25) is 0 Å². The lowest BCUT2D eigenvalue weighted by Crippen LogP contribution is -2.25. The molecule has 4 nitrogen and oxygen atoms in total. The quantitative estimate of drug-likeness (QED) is 0.859. The van der Waals surface area contributed by atoms with Crippen molar-refractivity contribution in [1.82, 2.24) is 4.98 Å². The summed E-state index contributed by atoms with van der Waals surface area (Å²) in [6.45, 7) is 2.86. The Hall–Kier alpha value is -2.54. The van der Waals surface area contributed by atoms with Crippen molar-refractivity contribution < 1.29 is 0 Å². The number of pyridine rings is 1. The van der Waals surface area contributed by atoms with Crippen LogP contribution in [0.3, 0.4) is 0 Å². The first kappa shape index (κ1) is 12.9. The van der Waals surface area contributed by atoms with Crippen molar-refractivity contribution in [3.63, 3.8) is 0 Å². The number of aromatic nitrogens is 1. The number of nitrogens with one attached hydrogen (secondary N) is 2. The Bertz CT molecular complexity index is 543. The van der Waals surface area contributed by atoms with E-state index in [1.54, 1.807) is 12.3 Å². The van der Waals surface area contributed by atoms with E-state index in [4.69, 9.17) is 5.26 Å². The van der Waals surface area contributed by atoms with Gasteiger partial charge >= 0.3 is 0 Å². The third-order valence-corrected chi connectivity index (χ3v) is 2.67. The third-order valence-electron chi connectivity index (χ3n) is 2.67. The molecule has 0 amide bonds. The Morgan fingerprint density at radius 3 is 2.63 bits per heavy atom. The van der Waals surface area contributed by atoms with Gasteiger partial charge in [0.25, 0.3) is 0 Å². The van der Waals surface area contributed by atoms with Crippen LogP contribution in [0.15, 0.2) is 48.7 Å². The van der Waals surface area contributed by atoms with Crippen molar-refractivity contribution in [2.45, 2.75) is 13.0 Å². The Kier molecular flexibility index (Phi) is 4.35. The molecule has 1 unspecified atom stereocenters. The standard InChI is InChI=1S/C15H16N4/c1-12(19-14-5-3-2-4-6-14)10-17-15-8-7-13(9-16)11-18-15/h2-8,11-12,19H,10H2,1H3,(H,17,18). The van der Waals surface area contributed by atoms with E-state index in [9.17, 15) is 0 Å². The number of hydrogen-bond donors (Lipinski definition) is 2. The van der Waals surface area contributed by atoms with Gasteiger partial charge in [-0.2, -0.15) is 5.26 Å². The Labute approximate surface area is 113 Å². The molecule has 2 N–H and O–H groups in total. The van der Waals surface area contributed by atoms with Crippen molar-refractivity contribution in [1.29, 1.82) is 5.26 Å². The van der Waals surface area contributed by atoms with Gasteiger partial charge in [0.05, 0.1) is 5.56 Å². The number of nitrogens with zero attached hydrogens (tertiary/aromatic N) is 2. The van der Waals surface area contributed by atoms with Crippen LogP contribution in [-0.2, 0) is 0 Å². The minimum Gasteiger partial charge on any atom is -0.381 e. The van der Waals surface area contributed by atoms with Crippen LogP contribution in [0.25, 0.3) is 0 Å². The summed E-state index contributed by atoms with van der Waals surface area (Å²) < 4.78 is 0. The lowest BCUT2D eigenvalue weighted by Gasteiger charge is -2.16. The molecule has 4 heteroatoms. The molecule has 1 atom stereocenters. The highest BCUT2D eigenvalue weighted by atomic mass is 15.0. The largest absolute Gasteiger partial charge is 0.381 e. The fourth-order valence-corrected chi connectivity index (χ4v) is 1.69. The van der Waals surface area contributed by atoms with Crippen molar-refractivity contribution >= 4 is 11.5 Å². The van der Waals surface area contributed by atoms with Gasteiger partial charge in [0.2, 0.25) is 0 Å². The van der Waals surface area contributed by atoms with E-state index in [2.05, 4.69) is 22.5 Å². The van der Waals surface area contributed by atoms with Gasteiger partial charge in [-0.15, -0.1) is 0 Å². The number of benzene rings is 1. The van der Waals surface area contributed by atoms with Gasteiger partial charge in [0.15, 0.2) is 0 Å². The molecule has 1 aromatic heterocycles. The van der Waals surface area contributed by atoms with Crippen molar-refractivity contribution in [2.75, 3.05) is 17.2 Å². The average Bonchev–Trinajstić information content (AvgIpc) is 2.47. The fourth-order valence-electron chi connectivity index (χ4n) is 1.69. The molecular formula is C15H16N4. The second kappa shape index (κ2) is 6.41. The summed E-state index contributed by atoms with van der Waals surface area (Å²) in [7, 11) is 0. The molecule has 0 spiro atoms. The molecule has 0 radical (unpaired) electrons. The topological polar surface area (TPSA) is 60.7 Å². The highest BCUT2D eigenvalue weighted by Crippen LogP contribution is 2.08. The van der Waals surface area contributed by atoms with Gasteiger partial charge in [-0.25, -0.2) is 4.98 Å². The molecule has 1 heterocycles. The molecule has 0 aliphatic carbocycles. The van der Waals surface area contributed by atoms with E-state index in [1.807, 2.05) is 42.5 Å². The van der Waals surface area contributed by atoms with Crippen LogP contribution in [0.4, 0.5) is 11.5 Å². The highest BCUT2D eigenvalue weighted by Gasteiger charge is 2.02. The minimum absolute atomic E-state index is 0.278. The SMILES string of the molecule is CC(CNc1ccc(C#N)cn1)Nc1ccccc1. The number of nitriles is 1. The molecule has 0 fully saturated rings. The summed E-state index contributed by atoms with van der Waals surface area (Å²) in [6, 6.07) is 16.0. The van der Waals surface area contributed by atoms with Gasteiger partial charge in [0, 0.05) is 24.5 Å². The van der Waals surface area contributed by atoms with E-state index < -0.39 is 0 Å². The molecule has 0 bridgehead atoms. The number of rotatable bonds is 5. The molecule has 1 aromatic carbocycles. The summed E-state index contributed by atoms with van der Waals surface area (Å²) in [5.74, 6) is 0.778. The zero-order valence-corrected chi connectivity index (χ0v) is 10.8. The first-order chi connectivity index (χ1) is 9.28. The highest BCUT2D eigenvalue weighted by molar-refractivity contribution is 5.44. The predicted molar refractivity (Wildman–Crippen MR) is 77.0 cm³/mol. The molecule has 0 saturated carbocycles. The van der Waals surface area contributed by atoms with Crippen molar-refractivity contribution in [2.24, 2.45) is 0 Å². The first-order valence-electron chi connectivity index (χ1n) is 6.19.